The van der Waals surface area contributed by atoms with Crippen LogP contribution in [0.2, 0.25) is 0 Å². The lowest BCUT2D eigenvalue weighted by Crippen LogP contribution is -2.42. The molecule has 2 rings (SSSR count). The number of ether oxygens (including phenoxy) is 3. The molecule has 1 aliphatic heterocycles. The number of rotatable bonds is 8. The van der Waals surface area contributed by atoms with Gasteiger partial charge < -0.3 is 24.4 Å². The van der Waals surface area contributed by atoms with E-state index in [1.165, 1.54) is 0 Å². The van der Waals surface area contributed by atoms with E-state index >= 15 is 0 Å². The van der Waals surface area contributed by atoms with Gasteiger partial charge in [0.2, 0.25) is 0 Å². The Bertz CT molecular complexity index is 527. The molecule has 0 aromatic heterocycles. The molecule has 0 bridgehead atoms. The van der Waals surface area contributed by atoms with Gasteiger partial charge in [0.1, 0.15) is 17.6 Å². The van der Waals surface area contributed by atoms with E-state index in [2.05, 4.69) is 24.2 Å². The molecule has 1 aliphatic rings. The molecule has 0 spiro atoms. The Labute approximate surface area is 151 Å². The fourth-order valence-corrected chi connectivity index (χ4v) is 2.81. The van der Waals surface area contributed by atoms with Gasteiger partial charge in [-0.2, -0.15) is 0 Å². The zero-order valence-electron chi connectivity index (χ0n) is 15.8. The molecule has 1 heterocycles. The van der Waals surface area contributed by atoms with Crippen LogP contribution in [0.4, 0.5) is 0 Å². The highest BCUT2D eigenvalue weighted by Gasteiger charge is 2.19. The van der Waals surface area contributed by atoms with E-state index in [1.54, 1.807) is 7.11 Å². The van der Waals surface area contributed by atoms with Gasteiger partial charge in [0.05, 0.1) is 20.3 Å². The normalized spacial score (nSPS) is 18.7. The van der Waals surface area contributed by atoms with E-state index in [0.717, 1.165) is 50.2 Å². The van der Waals surface area contributed by atoms with E-state index < -0.39 is 0 Å². The Kier molecular flexibility index (Phi) is 7.85. The zero-order valence-corrected chi connectivity index (χ0v) is 15.8. The Morgan fingerprint density at radius 1 is 1.36 bits per heavy atom. The molecular weight excluding hydrogens is 318 g/mol. The third kappa shape index (κ3) is 6.46. The molecule has 1 saturated heterocycles. The van der Waals surface area contributed by atoms with E-state index in [1.807, 2.05) is 31.2 Å². The molecule has 140 valence electrons. The van der Waals surface area contributed by atoms with Crippen LogP contribution in [-0.2, 0) is 4.74 Å². The van der Waals surface area contributed by atoms with Crippen molar-refractivity contribution in [1.82, 2.24) is 10.2 Å². The van der Waals surface area contributed by atoms with Crippen LogP contribution < -0.4 is 14.8 Å². The average molecular weight is 349 g/mol. The Morgan fingerprint density at radius 2 is 2.08 bits per heavy atom. The summed E-state index contributed by atoms with van der Waals surface area (Å²) in [6.07, 6.45) is 1.12. The quantitative estimate of drug-likeness (QED) is 0.577. The monoisotopic (exact) mass is 349 g/mol. The highest BCUT2D eigenvalue weighted by Crippen LogP contribution is 2.18. The Balaban J connectivity index is 1.87. The predicted molar refractivity (Wildman–Crippen MR) is 101 cm³/mol. The predicted octanol–water partition coefficient (Wildman–Crippen LogP) is 2.40. The van der Waals surface area contributed by atoms with Crippen molar-refractivity contribution < 1.29 is 14.2 Å². The average Bonchev–Trinajstić information content (AvgIpc) is 3.12. The van der Waals surface area contributed by atoms with Crippen LogP contribution in [-0.4, -0.2) is 64.0 Å². The topological polar surface area (TPSA) is 55.3 Å². The van der Waals surface area contributed by atoms with Gasteiger partial charge in [0.25, 0.3) is 0 Å². The molecule has 2 atom stereocenters. The maximum atomic E-state index is 5.93. The minimum absolute atomic E-state index is 0.00901. The molecule has 0 saturated carbocycles. The van der Waals surface area contributed by atoms with Gasteiger partial charge in [-0.05, 0) is 44.5 Å². The number of nitrogens with one attached hydrogen (secondary N) is 1. The molecule has 2 unspecified atom stereocenters. The Hall–Kier alpha value is -1.95. The van der Waals surface area contributed by atoms with Crippen molar-refractivity contribution in [3.8, 4) is 11.5 Å². The van der Waals surface area contributed by atoms with Crippen LogP contribution in [0.25, 0.3) is 0 Å². The van der Waals surface area contributed by atoms with E-state index in [9.17, 15) is 0 Å². The molecular formula is C19H31N3O3. The van der Waals surface area contributed by atoms with Gasteiger partial charge in [0, 0.05) is 32.7 Å². The third-order valence-electron chi connectivity index (χ3n) is 4.15. The van der Waals surface area contributed by atoms with Crippen molar-refractivity contribution in [3.05, 3.63) is 24.3 Å². The second-order valence-corrected chi connectivity index (χ2v) is 6.41. The first-order valence-electron chi connectivity index (χ1n) is 9.00. The number of nitrogens with zero attached hydrogens (tertiary/aromatic N) is 2. The summed E-state index contributed by atoms with van der Waals surface area (Å²) in [6.45, 7) is 8.23. The highest BCUT2D eigenvalue weighted by atomic mass is 16.5. The molecule has 1 aromatic rings. The lowest BCUT2D eigenvalue weighted by atomic mass is 10.1. The first-order chi connectivity index (χ1) is 12.1. The second kappa shape index (κ2) is 10.1. The molecule has 25 heavy (non-hydrogen) atoms. The van der Waals surface area contributed by atoms with E-state index in [4.69, 9.17) is 19.2 Å². The standard InChI is InChI=1S/C19H31N3O3/c1-5-20-19(22(3)13-16-10-11-24-14-16)21-12-15(2)25-18-8-6-17(23-4)7-9-18/h6-9,15-16H,5,10-14H2,1-4H3,(H,20,21). The number of aliphatic imine (C=N–C) groups is 1. The van der Waals surface area contributed by atoms with Gasteiger partial charge in [-0.1, -0.05) is 0 Å². The van der Waals surface area contributed by atoms with Gasteiger partial charge in [-0.15, -0.1) is 0 Å². The second-order valence-electron chi connectivity index (χ2n) is 6.41. The van der Waals surface area contributed by atoms with Crippen LogP contribution in [0, 0.1) is 5.92 Å². The fraction of sp³-hybridized carbons (Fsp3) is 0.632. The van der Waals surface area contributed by atoms with Crippen LogP contribution in [0.5, 0.6) is 11.5 Å². The molecule has 1 N–H and O–H groups in total. The van der Waals surface area contributed by atoms with Gasteiger partial charge in [0.15, 0.2) is 5.96 Å². The van der Waals surface area contributed by atoms with Crippen molar-refractivity contribution in [2.24, 2.45) is 10.9 Å². The first kappa shape index (κ1) is 19.4. The number of hydrogen-bond acceptors (Lipinski definition) is 4. The first-order valence-corrected chi connectivity index (χ1v) is 9.00. The van der Waals surface area contributed by atoms with Gasteiger partial charge in [-0.3, -0.25) is 0 Å². The zero-order chi connectivity index (χ0) is 18.1. The molecule has 1 aromatic carbocycles. The summed E-state index contributed by atoms with van der Waals surface area (Å²) >= 11 is 0. The van der Waals surface area contributed by atoms with Crippen LogP contribution in [0.15, 0.2) is 29.3 Å². The SMILES string of the molecule is CCNC(=NCC(C)Oc1ccc(OC)cc1)N(C)CC1CCOC1. The lowest BCUT2D eigenvalue weighted by Gasteiger charge is -2.25. The summed E-state index contributed by atoms with van der Waals surface area (Å²) in [5.74, 6) is 3.15. The third-order valence-corrected chi connectivity index (χ3v) is 4.15. The maximum absolute atomic E-state index is 5.93. The number of hydrogen-bond donors (Lipinski definition) is 1. The van der Waals surface area contributed by atoms with Crippen molar-refractivity contribution in [2.75, 3.05) is 47.0 Å². The van der Waals surface area contributed by atoms with Crippen molar-refractivity contribution in [3.63, 3.8) is 0 Å². The maximum Gasteiger partial charge on any atom is 0.193 e. The molecule has 6 nitrogen and oxygen atoms in total. The van der Waals surface area contributed by atoms with E-state index in [0.29, 0.717) is 12.5 Å². The fourth-order valence-electron chi connectivity index (χ4n) is 2.81. The van der Waals surface area contributed by atoms with Gasteiger partial charge in [-0.25, -0.2) is 4.99 Å². The summed E-state index contributed by atoms with van der Waals surface area (Å²) in [4.78, 5) is 6.91. The molecule has 0 radical (unpaired) electrons. The van der Waals surface area contributed by atoms with Crippen LogP contribution in [0.3, 0.4) is 0 Å². The highest BCUT2D eigenvalue weighted by molar-refractivity contribution is 5.79. The van der Waals surface area contributed by atoms with Crippen LogP contribution >= 0.6 is 0 Å². The molecule has 6 heteroatoms. The summed E-state index contributed by atoms with van der Waals surface area (Å²) in [5, 5.41) is 3.35. The molecule has 0 amide bonds. The molecule has 0 aliphatic carbocycles. The number of guanidine groups is 1. The van der Waals surface area contributed by atoms with Crippen molar-refractivity contribution in [1.29, 1.82) is 0 Å². The summed E-state index contributed by atoms with van der Waals surface area (Å²) in [7, 11) is 3.73. The van der Waals surface area contributed by atoms with Crippen LogP contribution in [0.1, 0.15) is 20.3 Å². The summed E-state index contributed by atoms with van der Waals surface area (Å²) in [6, 6.07) is 7.62. The minimum atomic E-state index is -0.00901. The minimum Gasteiger partial charge on any atom is -0.497 e. The lowest BCUT2D eigenvalue weighted by molar-refractivity contribution is 0.181. The smallest absolute Gasteiger partial charge is 0.193 e. The summed E-state index contributed by atoms with van der Waals surface area (Å²) < 4.78 is 16.6. The van der Waals surface area contributed by atoms with Crippen molar-refractivity contribution in [2.45, 2.75) is 26.4 Å². The largest absolute Gasteiger partial charge is 0.497 e. The molecule has 1 fully saturated rings. The van der Waals surface area contributed by atoms with Gasteiger partial charge >= 0.3 is 0 Å². The van der Waals surface area contributed by atoms with E-state index in [-0.39, 0.29) is 6.10 Å². The Morgan fingerprint density at radius 3 is 2.68 bits per heavy atom. The number of methoxy groups -OCH3 is 1. The summed E-state index contributed by atoms with van der Waals surface area (Å²) in [5.41, 5.74) is 0. The number of benzene rings is 1. The van der Waals surface area contributed by atoms with Crippen molar-refractivity contribution >= 4 is 5.96 Å².